The van der Waals surface area contributed by atoms with Gasteiger partial charge in [-0.05, 0) is 48.7 Å². The Kier molecular flexibility index (Phi) is 3.70. The van der Waals surface area contributed by atoms with E-state index in [1.807, 2.05) is 25.1 Å². The Bertz CT molecular complexity index is 610. The number of rotatable bonds is 2. The Hall–Kier alpha value is -1.87. The van der Waals surface area contributed by atoms with Gasteiger partial charge in [-0.2, -0.15) is 0 Å². The van der Waals surface area contributed by atoms with Gasteiger partial charge < -0.3 is 10.6 Å². The normalized spacial score (nSPS) is 18.2. The molecule has 2 N–H and O–H groups in total. The topological polar surface area (TPSA) is 24.1 Å². The molecule has 2 aromatic rings. The highest BCUT2D eigenvalue weighted by molar-refractivity contribution is 5.49. The summed E-state index contributed by atoms with van der Waals surface area (Å²) in [5.74, 6) is -0.181. The van der Waals surface area contributed by atoms with Crippen molar-refractivity contribution in [3.8, 4) is 0 Å². The third-order valence-electron chi connectivity index (χ3n) is 3.81. The van der Waals surface area contributed by atoms with E-state index in [2.05, 4.69) is 28.8 Å². The van der Waals surface area contributed by atoms with E-state index < -0.39 is 0 Å². The molecular formula is C17H19FN2. The molecular weight excluding hydrogens is 251 g/mol. The highest BCUT2D eigenvalue weighted by Crippen LogP contribution is 2.28. The van der Waals surface area contributed by atoms with Crippen molar-refractivity contribution in [2.75, 3.05) is 11.9 Å². The molecule has 1 aliphatic heterocycles. The number of halogens is 1. The molecule has 0 bridgehead atoms. The number of nitrogens with one attached hydrogen (secondary N) is 2. The molecule has 1 unspecified atom stereocenters. The molecule has 20 heavy (non-hydrogen) atoms. The van der Waals surface area contributed by atoms with Crippen molar-refractivity contribution < 1.29 is 4.39 Å². The monoisotopic (exact) mass is 270 g/mol. The van der Waals surface area contributed by atoms with Crippen LogP contribution < -0.4 is 10.6 Å². The summed E-state index contributed by atoms with van der Waals surface area (Å²) < 4.78 is 14.0. The second-order valence-electron chi connectivity index (χ2n) is 5.34. The molecule has 0 aromatic heterocycles. The molecule has 0 amide bonds. The average Bonchev–Trinajstić information content (AvgIpc) is 2.65. The summed E-state index contributed by atoms with van der Waals surface area (Å²) >= 11 is 0. The largest absolute Gasteiger partial charge is 0.376 e. The molecule has 0 fully saturated rings. The van der Waals surface area contributed by atoms with E-state index in [1.54, 1.807) is 6.07 Å². The van der Waals surface area contributed by atoms with Gasteiger partial charge in [0.2, 0.25) is 0 Å². The Morgan fingerprint density at radius 3 is 2.90 bits per heavy atom. The first-order valence-electron chi connectivity index (χ1n) is 7.05. The van der Waals surface area contributed by atoms with Crippen LogP contribution in [-0.2, 0) is 6.54 Å². The van der Waals surface area contributed by atoms with Gasteiger partial charge in [0.15, 0.2) is 0 Å². The van der Waals surface area contributed by atoms with Crippen LogP contribution in [0.2, 0.25) is 0 Å². The molecule has 0 saturated carbocycles. The lowest BCUT2D eigenvalue weighted by molar-refractivity contribution is 0.611. The third kappa shape index (κ3) is 2.68. The van der Waals surface area contributed by atoms with Crippen LogP contribution in [0.4, 0.5) is 10.1 Å². The fraction of sp³-hybridized carbons (Fsp3) is 0.294. The Balaban J connectivity index is 1.90. The molecule has 2 nitrogen and oxygen atoms in total. The fourth-order valence-electron chi connectivity index (χ4n) is 2.73. The number of benzene rings is 2. The molecule has 0 saturated heterocycles. The molecule has 1 atom stereocenters. The van der Waals surface area contributed by atoms with Gasteiger partial charge in [-0.1, -0.05) is 30.3 Å². The lowest BCUT2D eigenvalue weighted by Crippen LogP contribution is -2.15. The smallest absolute Gasteiger partial charge is 0.146 e. The predicted octanol–water partition coefficient (Wildman–Crippen LogP) is 3.78. The van der Waals surface area contributed by atoms with Crippen LogP contribution in [0.1, 0.15) is 29.2 Å². The van der Waals surface area contributed by atoms with E-state index in [0.29, 0.717) is 5.69 Å². The van der Waals surface area contributed by atoms with Gasteiger partial charge >= 0.3 is 0 Å². The Labute approximate surface area is 119 Å². The first kappa shape index (κ1) is 13.1. The van der Waals surface area contributed by atoms with E-state index in [1.165, 1.54) is 11.1 Å². The van der Waals surface area contributed by atoms with Crippen LogP contribution in [0.25, 0.3) is 0 Å². The molecule has 1 aliphatic rings. The zero-order valence-electron chi connectivity index (χ0n) is 11.6. The lowest BCUT2D eigenvalue weighted by atomic mass is 9.99. The van der Waals surface area contributed by atoms with E-state index >= 15 is 0 Å². The molecule has 0 spiro atoms. The van der Waals surface area contributed by atoms with Crippen molar-refractivity contribution in [2.24, 2.45) is 0 Å². The SMILES string of the molecule is Cc1ccc(NC2CCNCc3ccccc32)c(F)c1. The van der Waals surface area contributed by atoms with E-state index in [9.17, 15) is 4.39 Å². The maximum Gasteiger partial charge on any atom is 0.146 e. The lowest BCUT2D eigenvalue weighted by Gasteiger charge is -2.20. The van der Waals surface area contributed by atoms with Crippen molar-refractivity contribution in [2.45, 2.75) is 25.9 Å². The predicted molar refractivity (Wildman–Crippen MR) is 80.3 cm³/mol. The summed E-state index contributed by atoms with van der Waals surface area (Å²) in [6, 6.07) is 13.8. The van der Waals surface area contributed by atoms with E-state index in [0.717, 1.165) is 25.1 Å². The van der Waals surface area contributed by atoms with Gasteiger partial charge in [0.05, 0.1) is 11.7 Å². The van der Waals surface area contributed by atoms with Gasteiger partial charge in [-0.25, -0.2) is 4.39 Å². The van der Waals surface area contributed by atoms with Gasteiger partial charge in [0.1, 0.15) is 5.82 Å². The molecule has 3 heteroatoms. The van der Waals surface area contributed by atoms with Gasteiger partial charge in [-0.15, -0.1) is 0 Å². The minimum atomic E-state index is -0.181. The summed E-state index contributed by atoms with van der Waals surface area (Å²) in [4.78, 5) is 0. The Morgan fingerprint density at radius 2 is 2.05 bits per heavy atom. The quantitative estimate of drug-likeness (QED) is 0.867. The van der Waals surface area contributed by atoms with Crippen LogP contribution >= 0.6 is 0 Å². The summed E-state index contributed by atoms with van der Waals surface area (Å²) in [5, 5.41) is 6.77. The van der Waals surface area contributed by atoms with Gasteiger partial charge in [-0.3, -0.25) is 0 Å². The fourth-order valence-corrected chi connectivity index (χ4v) is 2.73. The second-order valence-corrected chi connectivity index (χ2v) is 5.34. The van der Waals surface area contributed by atoms with Crippen LogP contribution in [0.5, 0.6) is 0 Å². The van der Waals surface area contributed by atoms with Crippen LogP contribution in [0.3, 0.4) is 0 Å². The van der Waals surface area contributed by atoms with Crippen molar-refractivity contribution in [1.29, 1.82) is 0 Å². The van der Waals surface area contributed by atoms with Crippen molar-refractivity contribution >= 4 is 5.69 Å². The van der Waals surface area contributed by atoms with Crippen LogP contribution in [0, 0.1) is 12.7 Å². The summed E-state index contributed by atoms with van der Waals surface area (Å²) in [7, 11) is 0. The number of hydrogen-bond acceptors (Lipinski definition) is 2. The number of anilines is 1. The maximum absolute atomic E-state index is 14.0. The zero-order valence-corrected chi connectivity index (χ0v) is 11.6. The minimum absolute atomic E-state index is 0.151. The highest BCUT2D eigenvalue weighted by Gasteiger charge is 2.18. The van der Waals surface area contributed by atoms with E-state index in [4.69, 9.17) is 0 Å². The van der Waals surface area contributed by atoms with Crippen molar-refractivity contribution in [3.63, 3.8) is 0 Å². The van der Waals surface area contributed by atoms with Gasteiger partial charge in [0, 0.05) is 6.54 Å². The molecule has 2 aromatic carbocycles. The molecule has 0 aliphatic carbocycles. The Morgan fingerprint density at radius 1 is 1.20 bits per heavy atom. The van der Waals surface area contributed by atoms with Gasteiger partial charge in [0.25, 0.3) is 0 Å². The third-order valence-corrected chi connectivity index (χ3v) is 3.81. The summed E-state index contributed by atoms with van der Waals surface area (Å²) in [6.45, 7) is 3.71. The van der Waals surface area contributed by atoms with Crippen molar-refractivity contribution in [3.05, 3.63) is 65.0 Å². The van der Waals surface area contributed by atoms with E-state index in [-0.39, 0.29) is 11.9 Å². The first-order chi connectivity index (χ1) is 9.74. The zero-order chi connectivity index (χ0) is 13.9. The standard InChI is InChI=1S/C17H19FN2/c1-12-6-7-17(15(18)10-12)20-16-8-9-19-11-13-4-2-3-5-14(13)16/h2-7,10,16,19-20H,8-9,11H2,1H3. The molecule has 0 radical (unpaired) electrons. The average molecular weight is 270 g/mol. The minimum Gasteiger partial charge on any atom is -0.376 e. The maximum atomic E-state index is 14.0. The van der Waals surface area contributed by atoms with Crippen LogP contribution in [0.15, 0.2) is 42.5 Å². The summed E-state index contributed by atoms with van der Waals surface area (Å²) in [6.07, 6.45) is 0.949. The number of hydrogen-bond donors (Lipinski definition) is 2. The molecule has 104 valence electrons. The summed E-state index contributed by atoms with van der Waals surface area (Å²) in [5.41, 5.74) is 4.07. The highest BCUT2D eigenvalue weighted by atomic mass is 19.1. The number of fused-ring (bicyclic) bond motifs is 1. The molecule has 3 rings (SSSR count). The van der Waals surface area contributed by atoms with Crippen molar-refractivity contribution in [1.82, 2.24) is 5.32 Å². The second kappa shape index (κ2) is 5.63. The number of aryl methyl sites for hydroxylation is 1. The molecule has 1 heterocycles. The first-order valence-corrected chi connectivity index (χ1v) is 7.05. The van der Waals surface area contributed by atoms with Crippen LogP contribution in [-0.4, -0.2) is 6.54 Å².